The van der Waals surface area contributed by atoms with Crippen molar-refractivity contribution in [3.8, 4) is 0 Å². The standard InChI is InChI=1S/C16H16F3N5/c1-9(11-4-6-12(7-5-11)16(17,18)19)21-14-13-8-20-24(3)15(13)23-10(2)22-14/h4-9H,1-3H3,(H,21,22,23). The highest BCUT2D eigenvalue weighted by Crippen LogP contribution is 2.30. The molecule has 0 fully saturated rings. The summed E-state index contributed by atoms with van der Waals surface area (Å²) in [5, 5.41) is 8.16. The van der Waals surface area contributed by atoms with E-state index in [9.17, 15) is 13.2 Å². The fourth-order valence-corrected chi connectivity index (χ4v) is 2.49. The monoisotopic (exact) mass is 335 g/mol. The molecule has 1 N–H and O–H groups in total. The van der Waals surface area contributed by atoms with Crippen LogP contribution in [0.15, 0.2) is 30.5 Å². The Bertz CT molecular complexity index is 868. The molecule has 2 aromatic heterocycles. The zero-order valence-electron chi connectivity index (χ0n) is 13.4. The van der Waals surface area contributed by atoms with Gasteiger partial charge in [0.15, 0.2) is 5.65 Å². The first-order valence-electron chi connectivity index (χ1n) is 7.36. The van der Waals surface area contributed by atoms with Crippen LogP contribution in [-0.2, 0) is 13.2 Å². The van der Waals surface area contributed by atoms with E-state index in [0.717, 1.165) is 23.1 Å². The van der Waals surface area contributed by atoms with E-state index in [1.165, 1.54) is 12.1 Å². The Balaban J connectivity index is 1.88. The van der Waals surface area contributed by atoms with E-state index in [-0.39, 0.29) is 6.04 Å². The molecule has 1 unspecified atom stereocenters. The Kier molecular flexibility index (Phi) is 3.90. The lowest BCUT2D eigenvalue weighted by molar-refractivity contribution is -0.137. The first-order valence-corrected chi connectivity index (χ1v) is 7.36. The Hall–Kier alpha value is -2.64. The smallest absolute Gasteiger partial charge is 0.363 e. The number of halogens is 3. The van der Waals surface area contributed by atoms with Gasteiger partial charge in [-0.2, -0.15) is 18.3 Å². The number of nitrogens with one attached hydrogen (secondary N) is 1. The second kappa shape index (κ2) is 5.77. The minimum absolute atomic E-state index is 0.218. The number of rotatable bonds is 3. The van der Waals surface area contributed by atoms with Crippen LogP contribution in [0.4, 0.5) is 19.0 Å². The number of fused-ring (bicyclic) bond motifs is 1. The largest absolute Gasteiger partial charge is 0.416 e. The van der Waals surface area contributed by atoms with Crippen LogP contribution >= 0.6 is 0 Å². The molecule has 5 nitrogen and oxygen atoms in total. The molecule has 0 aliphatic heterocycles. The molecule has 0 bridgehead atoms. The van der Waals surface area contributed by atoms with E-state index >= 15 is 0 Å². The predicted molar refractivity (Wildman–Crippen MR) is 84.5 cm³/mol. The van der Waals surface area contributed by atoms with Crippen LogP contribution in [0.25, 0.3) is 11.0 Å². The number of aryl methyl sites for hydroxylation is 2. The van der Waals surface area contributed by atoms with Gasteiger partial charge in [0.1, 0.15) is 11.6 Å². The first-order chi connectivity index (χ1) is 11.3. The number of alkyl halides is 3. The van der Waals surface area contributed by atoms with Crippen molar-refractivity contribution in [2.75, 3.05) is 5.32 Å². The van der Waals surface area contributed by atoms with Gasteiger partial charge in [-0.05, 0) is 31.5 Å². The van der Waals surface area contributed by atoms with Crippen molar-refractivity contribution in [1.29, 1.82) is 0 Å². The Labute approximate surface area is 136 Å². The molecule has 0 spiro atoms. The number of anilines is 1. The van der Waals surface area contributed by atoms with Gasteiger partial charge >= 0.3 is 6.18 Å². The van der Waals surface area contributed by atoms with Crippen LogP contribution in [-0.4, -0.2) is 19.7 Å². The Morgan fingerprint density at radius 2 is 1.79 bits per heavy atom. The van der Waals surface area contributed by atoms with E-state index in [0.29, 0.717) is 17.3 Å². The molecule has 126 valence electrons. The van der Waals surface area contributed by atoms with Gasteiger partial charge in [-0.25, -0.2) is 9.97 Å². The number of nitrogens with zero attached hydrogens (tertiary/aromatic N) is 4. The molecule has 3 rings (SSSR count). The summed E-state index contributed by atoms with van der Waals surface area (Å²) in [7, 11) is 1.79. The predicted octanol–water partition coefficient (Wildman–Crippen LogP) is 3.86. The number of hydrogen-bond donors (Lipinski definition) is 1. The second-order valence-corrected chi connectivity index (χ2v) is 5.61. The second-order valence-electron chi connectivity index (χ2n) is 5.61. The number of benzene rings is 1. The SMILES string of the molecule is Cc1nc(NC(C)c2ccc(C(F)(F)F)cc2)c2cnn(C)c2n1. The molecule has 3 aromatic rings. The molecule has 0 radical (unpaired) electrons. The highest BCUT2D eigenvalue weighted by molar-refractivity contribution is 5.86. The molecule has 0 saturated heterocycles. The third-order valence-corrected chi connectivity index (χ3v) is 3.80. The molecule has 0 saturated carbocycles. The number of aromatic nitrogens is 4. The van der Waals surface area contributed by atoms with E-state index in [2.05, 4.69) is 20.4 Å². The summed E-state index contributed by atoms with van der Waals surface area (Å²) in [4.78, 5) is 8.72. The number of hydrogen-bond acceptors (Lipinski definition) is 4. The normalized spacial score (nSPS) is 13.2. The lowest BCUT2D eigenvalue weighted by Gasteiger charge is -2.16. The van der Waals surface area contributed by atoms with Crippen molar-refractivity contribution in [1.82, 2.24) is 19.7 Å². The Morgan fingerprint density at radius 1 is 1.12 bits per heavy atom. The van der Waals surface area contributed by atoms with Crippen molar-refractivity contribution in [3.63, 3.8) is 0 Å². The van der Waals surface area contributed by atoms with Crippen LogP contribution in [0, 0.1) is 6.92 Å². The quantitative estimate of drug-likeness (QED) is 0.789. The minimum atomic E-state index is -4.33. The molecule has 2 heterocycles. The van der Waals surface area contributed by atoms with Gasteiger partial charge in [0.2, 0.25) is 0 Å². The highest BCUT2D eigenvalue weighted by Gasteiger charge is 2.30. The van der Waals surface area contributed by atoms with Crippen LogP contribution in [0.1, 0.15) is 29.9 Å². The third-order valence-electron chi connectivity index (χ3n) is 3.80. The van der Waals surface area contributed by atoms with Gasteiger partial charge in [0.25, 0.3) is 0 Å². The van der Waals surface area contributed by atoms with Gasteiger partial charge in [-0.3, -0.25) is 4.68 Å². The Morgan fingerprint density at radius 3 is 2.42 bits per heavy atom. The van der Waals surface area contributed by atoms with E-state index in [1.54, 1.807) is 24.9 Å². The topological polar surface area (TPSA) is 55.6 Å². The van der Waals surface area contributed by atoms with Gasteiger partial charge in [0.05, 0.1) is 17.1 Å². The van der Waals surface area contributed by atoms with E-state index in [1.807, 2.05) is 6.92 Å². The maximum Gasteiger partial charge on any atom is 0.416 e. The molecular weight excluding hydrogens is 319 g/mol. The fraction of sp³-hybridized carbons (Fsp3) is 0.312. The van der Waals surface area contributed by atoms with Gasteiger partial charge < -0.3 is 5.32 Å². The van der Waals surface area contributed by atoms with Crippen molar-refractivity contribution >= 4 is 16.9 Å². The van der Waals surface area contributed by atoms with Gasteiger partial charge in [-0.1, -0.05) is 12.1 Å². The van der Waals surface area contributed by atoms with Gasteiger partial charge in [0, 0.05) is 13.1 Å². The molecule has 0 aliphatic carbocycles. The molecular formula is C16H16F3N5. The zero-order chi connectivity index (χ0) is 17.5. The molecule has 1 aromatic carbocycles. The third kappa shape index (κ3) is 3.04. The first kappa shape index (κ1) is 16.2. The summed E-state index contributed by atoms with van der Waals surface area (Å²) in [6.07, 6.45) is -2.67. The molecule has 0 amide bonds. The lowest BCUT2D eigenvalue weighted by Crippen LogP contribution is -2.10. The zero-order valence-corrected chi connectivity index (χ0v) is 13.4. The molecule has 1 atom stereocenters. The van der Waals surface area contributed by atoms with Crippen LogP contribution < -0.4 is 5.32 Å². The summed E-state index contributed by atoms with van der Waals surface area (Å²) in [6, 6.07) is 4.88. The minimum Gasteiger partial charge on any atom is -0.363 e. The summed E-state index contributed by atoms with van der Waals surface area (Å²) >= 11 is 0. The van der Waals surface area contributed by atoms with Crippen LogP contribution in [0.2, 0.25) is 0 Å². The van der Waals surface area contributed by atoms with Crippen molar-refractivity contribution in [2.24, 2.45) is 7.05 Å². The molecule has 24 heavy (non-hydrogen) atoms. The average molecular weight is 335 g/mol. The van der Waals surface area contributed by atoms with Crippen LogP contribution in [0.5, 0.6) is 0 Å². The van der Waals surface area contributed by atoms with Crippen molar-refractivity contribution in [3.05, 3.63) is 47.4 Å². The van der Waals surface area contributed by atoms with Crippen molar-refractivity contribution in [2.45, 2.75) is 26.1 Å². The average Bonchev–Trinajstić information content (AvgIpc) is 2.88. The highest BCUT2D eigenvalue weighted by atomic mass is 19.4. The maximum atomic E-state index is 12.6. The van der Waals surface area contributed by atoms with Crippen molar-refractivity contribution < 1.29 is 13.2 Å². The summed E-state index contributed by atoms with van der Waals surface area (Å²) in [5.41, 5.74) is 0.770. The van der Waals surface area contributed by atoms with Gasteiger partial charge in [-0.15, -0.1) is 0 Å². The maximum absolute atomic E-state index is 12.6. The summed E-state index contributed by atoms with van der Waals surface area (Å²) in [5.74, 6) is 1.20. The fourth-order valence-electron chi connectivity index (χ4n) is 2.49. The molecule has 0 aliphatic rings. The van der Waals surface area contributed by atoms with Crippen LogP contribution in [0.3, 0.4) is 0 Å². The summed E-state index contributed by atoms with van der Waals surface area (Å²) < 4.78 is 39.6. The molecule has 8 heteroatoms. The summed E-state index contributed by atoms with van der Waals surface area (Å²) in [6.45, 7) is 3.64. The van der Waals surface area contributed by atoms with E-state index in [4.69, 9.17) is 0 Å². The lowest BCUT2D eigenvalue weighted by atomic mass is 10.1. The van der Waals surface area contributed by atoms with E-state index < -0.39 is 11.7 Å².